The number of hydrogen-bond acceptors (Lipinski definition) is 2. The minimum absolute atomic E-state index is 0.104. The summed E-state index contributed by atoms with van der Waals surface area (Å²) >= 11 is 0. The van der Waals surface area contributed by atoms with Crippen LogP contribution in [0.5, 0.6) is 0 Å². The van der Waals surface area contributed by atoms with Crippen LogP contribution in [0.1, 0.15) is 29.8 Å². The fraction of sp³-hybridized carbons (Fsp3) is 0.222. The van der Waals surface area contributed by atoms with Crippen molar-refractivity contribution in [2.45, 2.75) is 20.8 Å². The summed E-state index contributed by atoms with van der Waals surface area (Å²) in [5.74, 6) is -1.09. The van der Waals surface area contributed by atoms with E-state index < -0.39 is 5.97 Å². The van der Waals surface area contributed by atoms with Gasteiger partial charge < -0.3 is 10.0 Å². The quantitative estimate of drug-likeness (QED) is 0.935. The number of aromatic carboxylic acids is 1. The second-order valence-corrected chi connectivity index (χ2v) is 5.10. The molecule has 0 heterocycles. The number of carboxylic acids is 1. The molecule has 2 aromatic rings. The fourth-order valence-corrected chi connectivity index (χ4v) is 2.56. The lowest BCUT2D eigenvalue weighted by atomic mass is 9.97. The highest BCUT2D eigenvalue weighted by Gasteiger charge is 2.19. The first-order valence-electron chi connectivity index (χ1n) is 7.17. The second-order valence-electron chi connectivity index (χ2n) is 5.10. The van der Waals surface area contributed by atoms with E-state index >= 15 is 0 Å². The van der Waals surface area contributed by atoms with E-state index in [1.165, 1.54) is 6.92 Å². The van der Waals surface area contributed by atoms with Gasteiger partial charge >= 0.3 is 5.97 Å². The molecule has 0 radical (unpaired) electrons. The van der Waals surface area contributed by atoms with Gasteiger partial charge in [0.05, 0.1) is 5.56 Å². The van der Waals surface area contributed by atoms with Gasteiger partial charge in [0, 0.05) is 19.2 Å². The molecule has 4 heteroatoms. The molecule has 0 bridgehead atoms. The van der Waals surface area contributed by atoms with Crippen LogP contribution in [0.15, 0.2) is 42.5 Å². The van der Waals surface area contributed by atoms with Crippen LogP contribution in [0.4, 0.5) is 5.69 Å². The van der Waals surface area contributed by atoms with Crippen molar-refractivity contribution in [2.75, 3.05) is 11.4 Å². The molecule has 0 fully saturated rings. The number of carbonyl (C=O) groups excluding carboxylic acids is 1. The maximum absolute atomic E-state index is 11.8. The highest BCUT2D eigenvalue weighted by Crippen LogP contribution is 2.31. The third-order valence-corrected chi connectivity index (χ3v) is 3.70. The van der Waals surface area contributed by atoms with Gasteiger partial charge in [-0.1, -0.05) is 30.3 Å². The Morgan fingerprint density at radius 3 is 2.23 bits per heavy atom. The van der Waals surface area contributed by atoms with Gasteiger partial charge in [0.25, 0.3) is 0 Å². The summed E-state index contributed by atoms with van der Waals surface area (Å²) in [6.07, 6.45) is 0. The topological polar surface area (TPSA) is 57.6 Å². The van der Waals surface area contributed by atoms with Crippen LogP contribution in [0.2, 0.25) is 0 Å². The Hall–Kier alpha value is -2.62. The lowest BCUT2D eigenvalue weighted by Crippen LogP contribution is -2.29. The van der Waals surface area contributed by atoms with Crippen molar-refractivity contribution in [3.8, 4) is 11.1 Å². The van der Waals surface area contributed by atoms with Crippen LogP contribution < -0.4 is 4.90 Å². The van der Waals surface area contributed by atoms with Crippen molar-refractivity contribution in [1.29, 1.82) is 0 Å². The summed E-state index contributed by atoms with van der Waals surface area (Å²) in [6.45, 7) is 5.58. The summed E-state index contributed by atoms with van der Waals surface area (Å²) in [5, 5.41) is 9.45. The summed E-state index contributed by atoms with van der Waals surface area (Å²) in [5.41, 5.74) is 3.18. The smallest absolute Gasteiger partial charge is 0.336 e. The molecular formula is C18H19NO3. The molecule has 0 aromatic heterocycles. The van der Waals surface area contributed by atoms with Gasteiger partial charge in [0.1, 0.15) is 0 Å². The summed E-state index contributed by atoms with van der Waals surface area (Å²) in [4.78, 5) is 25.0. The molecule has 0 unspecified atom stereocenters. The lowest BCUT2D eigenvalue weighted by Gasteiger charge is -2.23. The minimum atomic E-state index is -0.990. The highest BCUT2D eigenvalue weighted by atomic mass is 16.4. The van der Waals surface area contributed by atoms with Gasteiger partial charge in [-0.3, -0.25) is 4.79 Å². The minimum Gasteiger partial charge on any atom is -0.478 e. The van der Waals surface area contributed by atoms with Crippen molar-refractivity contribution in [1.82, 2.24) is 0 Å². The first-order chi connectivity index (χ1) is 10.5. The van der Waals surface area contributed by atoms with E-state index in [-0.39, 0.29) is 11.5 Å². The SMILES string of the molecule is CCN(C(C)=O)c1cc(-c2ccccc2)cc(C(=O)O)c1C. The molecule has 1 amide bonds. The Morgan fingerprint density at radius 2 is 1.73 bits per heavy atom. The Labute approximate surface area is 130 Å². The van der Waals surface area contributed by atoms with E-state index in [0.717, 1.165) is 11.1 Å². The van der Waals surface area contributed by atoms with Gasteiger partial charge in [-0.15, -0.1) is 0 Å². The van der Waals surface area contributed by atoms with E-state index in [1.54, 1.807) is 17.9 Å². The predicted octanol–water partition coefficient (Wildman–Crippen LogP) is 3.73. The van der Waals surface area contributed by atoms with Gasteiger partial charge in [0.2, 0.25) is 5.91 Å². The molecule has 1 N–H and O–H groups in total. The maximum Gasteiger partial charge on any atom is 0.336 e. The number of benzene rings is 2. The van der Waals surface area contributed by atoms with E-state index in [0.29, 0.717) is 17.8 Å². The predicted molar refractivity (Wildman–Crippen MR) is 87.3 cm³/mol. The molecule has 0 aliphatic rings. The average Bonchev–Trinajstić information content (AvgIpc) is 2.49. The molecule has 114 valence electrons. The third-order valence-electron chi connectivity index (χ3n) is 3.70. The normalized spacial score (nSPS) is 10.3. The number of carbonyl (C=O) groups is 2. The lowest BCUT2D eigenvalue weighted by molar-refractivity contribution is -0.116. The summed E-state index contributed by atoms with van der Waals surface area (Å²) < 4.78 is 0. The van der Waals surface area contributed by atoms with E-state index in [2.05, 4.69) is 0 Å². The van der Waals surface area contributed by atoms with Crippen molar-refractivity contribution < 1.29 is 14.7 Å². The van der Waals surface area contributed by atoms with Gasteiger partial charge in [-0.05, 0) is 42.7 Å². The fourth-order valence-electron chi connectivity index (χ4n) is 2.56. The van der Waals surface area contributed by atoms with Crippen molar-refractivity contribution in [3.05, 3.63) is 53.6 Å². The molecular weight excluding hydrogens is 278 g/mol. The van der Waals surface area contributed by atoms with Crippen LogP contribution in [-0.2, 0) is 4.79 Å². The molecule has 4 nitrogen and oxygen atoms in total. The highest BCUT2D eigenvalue weighted by molar-refractivity contribution is 5.98. The first-order valence-corrected chi connectivity index (χ1v) is 7.17. The first kappa shape index (κ1) is 15.8. The zero-order chi connectivity index (χ0) is 16.3. The average molecular weight is 297 g/mol. The Morgan fingerprint density at radius 1 is 1.09 bits per heavy atom. The van der Waals surface area contributed by atoms with Crippen molar-refractivity contribution >= 4 is 17.6 Å². The van der Waals surface area contributed by atoms with E-state index in [9.17, 15) is 14.7 Å². The standard InChI is InChI=1S/C18H19NO3/c1-4-19(13(3)20)17-11-15(14-8-6-5-7-9-14)10-16(12(17)2)18(21)22/h5-11H,4H2,1-3H3,(H,21,22). The molecule has 2 aromatic carbocycles. The number of carboxylic acid groups (broad SMARTS) is 1. The van der Waals surface area contributed by atoms with Crippen molar-refractivity contribution in [3.63, 3.8) is 0 Å². The molecule has 0 aliphatic carbocycles. The third kappa shape index (κ3) is 3.01. The number of nitrogens with zero attached hydrogens (tertiary/aromatic N) is 1. The molecule has 22 heavy (non-hydrogen) atoms. The summed E-state index contributed by atoms with van der Waals surface area (Å²) in [6, 6.07) is 13.1. The largest absolute Gasteiger partial charge is 0.478 e. The summed E-state index contributed by atoms with van der Waals surface area (Å²) in [7, 11) is 0. The maximum atomic E-state index is 11.8. The van der Waals surface area contributed by atoms with Gasteiger partial charge in [-0.2, -0.15) is 0 Å². The molecule has 0 aliphatic heterocycles. The van der Waals surface area contributed by atoms with E-state index in [1.807, 2.05) is 43.3 Å². The monoisotopic (exact) mass is 297 g/mol. The zero-order valence-electron chi connectivity index (χ0n) is 13.0. The Kier molecular flexibility index (Phi) is 4.61. The molecule has 0 saturated heterocycles. The molecule has 0 saturated carbocycles. The van der Waals surface area contributed by atoms with Crippen LogP contribution in [0.25, 0.3) is 11.1 Å². The van der Waals surface area contributed by atoms with Crippen LogP contribution >= 0.6 is 0 Å². The zero-order valence-corrected chi connectivity index (χ0v) is 13.0. The van der Waals surface area contributed by atoms with Crippen LogP contribution in [-0.4, -0.2) is 23.5 Å². The Balaban J connectivity index is 2.70. The Bertz CT molecular complexity index is 708. The number of anilines is 1. The molecule has 0 spiro atoms. The van der Waals surface area contributed by atoms with Gasteiger partial charge in [0.15, 0.2) is 0 Å². The van der Waals surface area contributed by atoms with Crippen LogP contribution in [0, 0.1) is 6.92 Å². The van der Waals surface area contributed by atoms with E-state index in [4.69, 9.17) is 0 Å². The van der Waals surface area contributed by atoms with Crippen LogP contribution in [0.3, 0.4) is 0 Å². The van der Waals surface area contributed by atoms with Crippen molar-refractivity contribution in [2.24, 2.45) is 0 Å². The number of amides is 1. The number of hydrogen-bond donors (Lipinski definition) is 1. The molecule has 0 atom stereocenters. The number of rotatable bonds is 4. The second kappa shape index (κ2) is 6.43. The van der Waals surface area contributed by atoms with Gasteiger partial charge in [-0.25, -0.2) is 4.79 Å². The molecule has 2 rings (SSSR count).